The lowest BCUT2D eigenvalue weighted by Crippen LogP contribution is -1.68. The Balaban J connectivity index is 2.83. The molecule has 1 heterocycles. The van der Waals surface area contributed by atoms with E-state index < -0.39 is 0 Å². The molecule has 0 amide bonds. The molecular weight excluding hydrogens is 320 g/mol. The van der Waals surface area contributed by atoms with E-state index in [4.69, 9.17) is 0 Å². The van der Waals surface area contributed by atoms with Crippen molar-refractivity contribution < 1.29 is 0 Å². The molecule has 0 bridgehead atoms. The molecule has 2 rings (SSSR count). The maximum atomic E-state index is 4.33. The molecule has 0 aliphatic carbocycles. The first-order valence-electron chi connectivity index (χ1n) is 3.24. The molecule has 0 saturated carbocycles. The largest absolute Gasteiger partial charge is 0.142 e. The summed E-state index contributed by atoms with van der Waals surface area (Å²) in [7, 11) is 0. The van der Waals surface area contributed by atoms with Gasteiger partial charge in [-0.05, 0) is 55.4 Å². The minimum Gasteiger partial charge on any atom is -0.142 e. The van der Waals surface area contributed by atoms with E-state index in [-0.39, 0.29) is 0 Å². The summed E-state index contributed by atoms with van der Waals surface area (Å²) in [6.45, 7) is 0. The van der Waals surface area contributed by atoms with Gasteiger partial charge in [-0.2, -0.15) is 0 Å². The van der Waals surface area contributed by atoms with Gasteiger partial charge in [0.05, 0.1) is 3.79 Å². The van der Waals surface area contributed by atoms with Crippen molar-refractivity contribution in [3.63, 3.8) is 0 Å². The number of benzene rings is 1. The summed E-state index contributed by atoms with van der Waals surface area (Å²) in [6.07, 6.45) is 0. The topological polar surface area (TPSA) is 0 Å². The Hall–Kier alpha value is 0.490. The second-order valence-electron chi connectivity index (χ2n) is 2.39. The maximum absolute atomic E-state index is 4.33. The molecule has 1 aromatic heterocycles. The molecule has 0 nitrogen and oxygen atoms in total. The van der Waals surface area contributed by atoms with Gasteiger partial charge in [0.25, 0.3) is 0 Å². The zero-order valence-electron chi connectivity index (χ0n) is 5.84. The molecule has 0 N–H and O–H groups in total. The zero-order valence-corrected chi connectivity index (χ0v) is 10.7. The van der Waals surface area contributed by atoms with E-state index in [0.29, 0.717) is 0 Å². The lowest BCUT2D eigenvalue weighted by atomic mass is 10.3. The first kappa shape index (κ1) is 9.06. The predicted molar refractivity (Wildman–Crippen MR) is 64.5 cm³/mol. The highest BCUT2D eigenvalue weighted by Gasteiger charge is 2.02. The van der Waals surface area contributed by atoms with Crippen molar-refractivity contribution in [1.82, 2.24) is 0 Å². The third kappa shape index (κ3) is 1.58. The molecule has 0 saturated heterocycles. The van der Waals surface area contributed by atoms with Gasteiger partial charge in [0.15, 0.2) is 0 Å². The molecule has 2 aromatic rings. The van der Waals surface area contributed by atoms with Crippen molar-refractivity contribution in [1.29, 1.82) is 0 Å². The lowest BCUT2D eigenvalue weighted by Gasteiger charge is -1.95. The van der Waals surface area contributed by atoms with Gasteiger partial charge < -0.3 is 0 Å². The smallest absolute Gasteiger partial charge is 0.0711 e. The second-order valence-corrected chi connectivity index (χ2v) is 6.19. The van der Waals surface area contributed by atoms with Crippen LogP contribution in [0.4, 0.5) is 0 Å². The molecule has 1 aromatic carbocycles. The maximum Gasteiger partial charge on any atom is 0.0711 e. The molecule has 0 radical (unpaired) electrons. The van der Waals surface area contributed by atoms with Gasteiger partial charge in [-0.25, -0.2) is 0 Å². The Morgan fingerprint density at radius 1 is 1.17 bits per heavy atom. The summed E-state index contributed by atoms with van der Waals surface area (Å²) in [5.41, 5.74) is 0. The second kappa shape index (κ2) is 3.33. The standard InChI is InChI=1S/C8H4Br2S2/c9-5-3-7-4(1-6(5)11)2-8(10)12-7/h1-3,11H. The molecule has 0 fully saturated rings. The number of thiol groups is 1. The number of thiophene rings is 1. The summed E-state index contributed by atoms with van der Waals surface area (Å²) >= 11 is 12.9. The Morgan fingerprint density at radius 2 is 1.92 bits per heavy atom. The monoisotopic (exact) mass is 322 g/mol. The summed E-state index contributed by atoms with van der Waals surface area (Å²) in [4.78, 5) is 0.979. The Labute approximate surface area is 96.6 Å². The van der Waals surface area contributed by atoms with Crippen molar-refractivity contribution in [3.8, 4) is 0 Å². The summed E-state index contributed by atoms with van der Waals surface area (Å²) in [6, 6.07) is 6.25. The Bertz CT molecular complexity index is 395. The van der Waals surface area contributed by atoms with Crippen molar-refractivity contribution >= 4 is 65.9 Å². The van der Waals surface area contributed by atoms with E-state index in [0.717, 1.165) is 13.2 Å². The molecule has 0 spiro atoms. The number of hydrogen-bond donors (Lipinski definition) is 1. The highest BCUT2D eigenvalue weighted by atomic mass is 79.9. The molecule has 4 heteroatoms. The first-order chi connectivity index (χ1) is 5.66. The van der Waals surface area contributed by atoms with Gasteiger partial charge in [-0.15, -0.1) is 24.0 Å². The van der Waals surface area contributed by atoms with Crippen LogP contribution in [0.1, 0.15) is 0 Å². The van der Waals surface area contributed by atoms with E-state index in [1.54, 1.807) is 11.3 Å². The average Bonchev–Trinajstić information content (AvgIpc) is 2.30. The minimum absolute atomic E-state index is 0.979. The van der Waals surface area contributed by atoms with E-state index in [1.165, 1.54) is 10.1 Å². The van der Waals surface area contributed by atoms with Crippen LogP contribution >= 0.6 is 55.8 Å². The predicted octanol–water partition coefficient (Wildman–Crippen LogP) is 4.72. The molecule has 0 aliphatic heterocycles. The molecule has 0 atom stereocenters. The van der Waals surface area contributed by atoms with Gasteiger partial charge in [0, 0.05) is 14.1 Å². The van der Waals surface area contributed by atoms with E-state index in [9.17, 15) is 0 Å². The van der Waals surface area contributed by atoms with Gasteiger partial charge in [0.1, 0.15) is 0 Å². The number of halogens is 2. The quantitative estimate of drug-likeness (QED) is 0.667. The molecule has 62 valence electrons. The van der Waals surface area contributed by atoms with Crippen molar-refractivity contribution in [2.45, 2.75) is 4.90 Å². The van der Waals surface area contributed by atoms with Crippen molar-refractivity contribution in [3.05, 3.63) is 26.5 Å². The summed E-state index contributed by atoms with van der Waals surface area (Å²) in [5.74, 6) is 0. The van der Waals surface area contributed by atoms with Crippen LogP contribution in [0.5, 0.6) is 0 Å². The van der Waals surface area contributed by atoms with E-state index in [2.05, 4.69) is 62.7 Å². The van der Waals surface area contributed by atoms with Crippen LogP contribution in [0, 0.1) is 0 Å². The highest BCUT2D eigenvalue weighted by molar-refractivity contribution is 9.11. The van der Waals surface area contributed by atoms with Gasteiger partial charge >= 0.3 is 0 Å². The Kier molecular flexibility index (Phi) is 2.51. The van der Waals surface area contributed by atoms with E-state index in [1.807, 2.05) is 0 Å². The fourth-order valence-corrected chi connectivity index (χ4v) is 3.29. The molecule has 12 heavy (non-hydrogen) atoms. The van der Waals surface area contributed by atoms with Crippen LogP contribution in [0.15, 0.2) is 31.4 Å². The van der Waals surface area contributed by atoms with Gasteiger partial charge in [0.2, 0.25) is 0 Å². The minimum atomic E-state index is 0.979. The molecule has 0 unspecified atom stereocenters. The molecule has 0 aliphatic rings. The number of fused-ring (bicyclic) bond motifs is 1. The van der Waals surface area contributed by atoms with Crippen LogP contribution in [-0.2, 0) is 0 Å². The van der Waals surface area contributed by atoms with Gasteiger partial charge in [-0.1, -0.05) is 0 Å². The summed E-state index contributed by atoms with van der Waals surface area (Å²) < 4.78 is 3.47. The van der Waals surface area contributed by atoms with Crippen LogP contribution in [-0.4, -0.2) is 0 Å². The first-order valence-corrected chi connectivity index (χ1v) is 6.09. The fourth-order valence-electron chi connectivity index (χ4n) is 1.02. The average molecular weight is 324 g/mol. The fraction of sp³-hybridized carbons (Fsp3) is 0. The van der Waals surface area contributed by atoms with Crippen molar-refractivity contribution in [2.75, 3.05) is 0 Å². The van der Waals surface area contributed by atoms with Crippen LogP contribution in [0.25, 0.3) is 10.1 Å². The van der Waals surface area contributed by atoms with Crippen molar-refractivity contribution in [2.24, 2.45) is 0 Å². The normalized spacial score (nSPS) is 10.9. The SMILES string of the molecule is Sc1cc2cc(Br)sc2cc1Br. The third-order valence-electron chi connectivity index (χ3n) is 1.56. The molecular formula is C8H4Br2S2. The van der Waals surface area contributed by atoms with Crippen LogP contribution in [0.3, 0.4) is 0 Å². The third-order valence-corrected chi connectivity index (χ3v) is 4.49. The van der Waals surface area contributed by atoms with E-state index >= 15 is 0 Å². The van der Waals surface area contributed by atoms with Crippen LogP contribution < -0.4 is 0 Å². The number of rotatable bonds is 0. The van der Waals surface area contributed by atoms with Gasteiger partial charge in [-0.3, -0.25) is 0 Å². The van der Waals surface area contributed by atoms with Crippen LogP contribution in [0.2, 0.25) is 0 Å². The highest BCUT2D eigenvalue weighted by Crippen LogP contribution is 2.34. The Morgan fingerprint density at radius 3 is 2.67 bits per heavy atom. The lowest BCUT2D eigenvalue weighted by molar-refractivity contribution is 1.47. The summed E-state index contributed by atoms with van der Waals surface area (Å²) in [5, 5.41) is 1.24. The number of hydrogen-bond acceptors (Lipinski definition) is 2. The zero-order chi connectivity index (χ0) is 8.72.